The molecule has 4 aromatic carbocycles. The van der Waals surface area contributed by atoms with Gasteiger partial charge in [-0.15, -0.1) is 11.3 Å². The van der Waals surface area contributed by atoms with Crippen molar-refractivity contribution in [3.05, 3.63) is 83.0 Å². The van der Waals surface area contributed by atoms with Gasteiger partial charge in [0, 0.05) is 64.0 Å². The van der Waals surface area contributed by atoms with Crippen molar-refractivity contribution in [3.8, 4) is 11.5 Å². The molecule has 2 aliphatic carbocycles. The Balaban J connectivity index is 1.70. The first-order chi connectivity index (χ1) is 25.9. The maximum absolute atomic E-state index is 14.1. The Morgan fingerprint density at radius 1 is 0.436 bits per heavy atom. The maximum Gasteiger partial charge on any atom is 0.258 e. The Hall–Kier alpha value is -4.19. The van der Waals surface area contributed by atoms with E-state index in [0.717, 1.165) is 30.9 Å². The number of carbonyl (C=O) groups is 4. The lowest BCUT2D eigenvalue weighted by molar-refractivity contribution is 0.0995. The Bertz CT molecular complexity index is 2330. The number of rotatable bonds is 10. The molecular weight excluding hydrogens is 737 g/mol. The largest absolute Gasteiger partial charge is 0.542 e. The fourth-order valence-electron chi connectivity index (χ4n) is 10.5. The van der Waals surface area contributed by atoms with Crippen LogP contribution >= 0.6 is 11.3 Å². The van der Waals surface area contributed by atoms with Crippen LogP contribution in [-0.2, 0) is 0 Å². The van der Waals surface area contributed by atoms with Gasteiger partial charge in [-0.3, -0.25) is 19.2 Å². The highest BCUT2D eigenvalue weighted by molar-refractivity contribution is 7.26. The number of hydrogen-bond acceptors (Lipinski definition) is 7. The average Bonchev–Trinajstić information content (AvgIpc) is 3.50. The van der Waals surface area contributed by atoms with E-state index in [-0.39, 0.29) is 56.4 Å². The second-order valence-electron chi connectivity index (χ2n) is 17.4. The molecule has 1 aromatic heterocycles. The zero-order valence-corrected chi connectivity index (χ0v) is 36.9. The fraction of sp³-hybridized carbons (Fsp3) is 0.391. The summed E-state index contributed by atoms with van der Waals surface area (Å²) in [5.74, 6) is 0.225. The van der Waals surface area contributed by atoms with Gasteiger partial charge in [-0.1, -0.05) is 83.1 Å². The van der Waals surface area contributed by atoms with Gasteiger partial charge in [0.25, 0.3) is 16.6 Å². The van der Waals surface area contributed by atoms with Gasteiger partial charge >= 0.3 is 0 Å². The van der Waals surface area contributed by atoms with Crippen molar-refractivity contribution in [2.45, 2.75) is 116 Å². The molecule has 1 heterocycles. The van der Waals surface area contributed by atoms with Gasteiger partial charge in [0.2, 0.25) is 0 Å². The summed E-state index contributed by atoms with van der Waals surface area (Å²) in [6.07, 6.45) is 5.43. The highest BCUT2D eigenvalue weighted by atomic mass is 32.1. The van der Waals surface area contributed by atoms with Crippen LogP contribution in [-0.4, -0.2) is 39.8 Å². The lowest BCUT2D eigenvalue weighted by Crippen LogP contribution is -2.50. The minimum Gasteiger partial charge on any atom is -0.542 e. The van der Waals surface area contributed by atoms with E-state index in [9.17, 15) is 19.2 Å². The molecule has 2 aliphatic rings. The third kappa shape index (κ3) is 5.66. The molecule has 0 fully saturated rings. The minimum absolute atomic E-state index is 0.245. The van der Waals surface area contributed by atoms with Crippen LogP contribution in [0.4, 0.5) is 0 Å². The lowest BCUT2D eigenvalue weighted by atomic mass is 9.85. The Kier molecular flexibility index (Phi) is 9.79. The summed E-state index contributed by atoms with van der Waals surface area (Å²) in [5, 5.41) is 4.36. The standard InChI is InChI=1S/C46H52O6SSi2/c1-23(2)54(24(3)4,25(5)6)51-37-21-31-33(47)15-17-35(49)41(31)43-29(37)13-19-39-45(43)46-40(53-39)20-14-30-38(52-55(26(7)8,27(9)10)28(11)12)22-32-34(48)16-18-36(50)42(32)44(30)46/h13-28H,1-12H3. The monoisotopic (exact) mass is 788 g/mol. The molecule has 7 rings (SSSR count). The summed E-state index contributed by atoms with van der Waals surface area (Å²) in [6, 6.07) is 11.8. The molecule has 9 heteroatoms. The second-order valence-corrected chi connectivity index (χ2v) is 29.2. The molecule has 0 saturated heterocycles. The van der Waals surface area contributed by atoms with E-state index in [1.165, 1.54) is 24.3 Å². The first-order valence-corrected chi connectivity index (χ1v) is 24.8. The zero-order valence-electron chi connectivity index (χ0n) is 34.1. The van der Waals surface area contributed by atoms with E-state index in [1.54, 1.807) is 23.5 Å². The smallest absolute Gasteiger partial charge is 0.258 e. The van der Waals surface area contributed by atoms with E-state index in [1.807, 2.05) is 12.1 Å². The van der Waals surface area contributed by atoms with Gasteiger partial charge in [-0.2, -0.15) is 0 Å². The van der Waals surface area contributed by atoms with Crippen molar-refractivity contribution < 1.29 is 28.0 Å². The number of hydrogen-bond donors (Lipinski definition) is 0. The quantitative estimate of drug-likeness (QED) is 0.131. The lowest BCUT2D eigenvalue weighted by Gasteiger charge is -2.42. The van der Waals surface area contributed by atoms with Gasteiger partial charge in [-0.05, 0) is 93.9 Å². The predicted molar refractivity (Wildman–Crippen MR) is 233 cm³/mol. The molecule has 55 heavy (non-hydrogen) atoms. The second kappa shape index (κ2) is 13.8. The summed E-state index contributed by atoms with van der Waals surface area (Å²) in [6.45, 7) is 26.7. The van der Waals surface area contributed by atoms with Gasteiger partial charge in [0.1, 0.15) is 11.5 Å². The van der Waals surface area contributed by atoms with Crippen LogP contribution in [0.3, 0.4) is 0 Å². The Morgan fingerprint density at radius 2 is 0.745 bits per heavy atom. The maximum atomic E-state index is 14.1. The molecule has 0 saturated carbocycles. The van der Waals surface area contributed by atoms with Crippen molar-refractivity contribution in [1.82, 2.24) is 0 Å². The van der Waals surface area contributed by atoms with Gasteiger partial charge in [0.05, 0.1) is 0 Å². The third-order valence-corrected chi connectivity index (χ3v) is 25.8. The molecular formula is C46H52O6SSi2. The molecule has 0 bridgehead atoms. The van der Waals surface area contributed by atoms with Crippen molar-refractivity contribution in [2.75, 3.05) is 0 Å². The Morgan fingerprint density at radius 3 is 1.05 bits per heavy atom. The molecule has 0 aliphatic heterocycles. The molecule has 286 valence electrons. The number of benzene rings is 4. The normalized spacial score (nSPS) is 15.2. The van der Waals surface area contributed by atoms with Crippen molar-refractivity contribution in [1.29, 1.82) is 0 Å². The fourth-order valence-corrected chi connectivity index (χ4v) is 22.2. The van der Waals surface area contributed by atoms with Crippen LogP contribution in [0.2, 0.25) is 33.2 Å². The first kappa shape index (κ1) is 39.1. The summed E-state index contributed by atoms with van der Waals surface area (Å²) >= 11 is 1.57. The first-order valence-electron chi connectivity index (χ1n) is 19.7. The van der Waals surface area contributed by atoms with E-state index in [0.29, 0.717) is 44.5 Å². The molecule has 0 unspecified atom stereocenters. The van der Waals surface area contributed by atoms with Crippen LogP contribution in [0, 0.1) is 0 Å². The highest BCUT2D eigenvalue weighted by Crippen LogP contribution is 2.52. The molecule has 0 radical (unpaired) electrons. The minimum atomic E-state index is -2.53. The predicted octanol–water partition coefficient (Wildman–Crippen LogP) is 13.3. The molecule has 0 amide bonds. The molecule has 0 atom stereocenters. The number of carbonyl (C=O) groups excluding carboxylic acids is 4. The Labute approximate surface area is 330 Å². The molecule has 0 spiro atoms. The number of thiophene rings is 1. The van der Waals surface area contributed by atoms with E-state index in [4.69, 9.17) is 8.85 Å². The molecule has 0 N–H and O–H groups in total. The summed E-state index contributed by atoms with van der Waals surface area (Å²) in [7, 11) is -5.06. The number of allylic oxidation sites excluding steroid dienone is 4. The van der Waals surface area contributed by atoms with Crippen LogP contribution in [0.1, 0.15) is 125 Å². The van der Waals surface area contributed by atoms with E-state index >= 15 is 0 Å². The van der Waals surface area contributed by atoms with Gasteiger partial charge in [-0.25, -0.2) is 0 Å². The molecule has 6 nitrogen and oxygen atoms in total. The summed E-state index contributed by atoms with van der Waals surface area (Å²) < 4.78 is 16.6. The SMILES string of the molecule is CC(C)[Si](Oc1cc2c(c3c1ccc1sc4ccc5c(O[Si](C(C)C)(C(C)C)C(C)C)cc6c(c5c4c13)C(=O)C=CC6=O)C(=O)C=CC2=O)(C(C)C)C(C)C. The van der Waals surface area contributed by atoms with Crippen LogP contribution < -0.4 is 8.85 Å². The van der Waals surface area contributed by atoms with Crippen molar-refractivity contribution >= 4 is 92.8 Å². The van der Waals surface area contributed by atoms with Crippen molar-refractivity contribution in [3.63, 3.8) is 0 Å². The van der Waals surface area contributed by atoms with Crippen LogP contribution in [0.15, 0.2) is 60.7 Å². The third-order valence-electron chi connectivity index (χ3n) is 12.7. The van der Waals surface area contributed by atoms with E-state index in [2.05, 4.69) is 95.2 Å². The van der Waals surface area contributed by atoms with Gasteiger partial charge in [0.15, 0.2) is 23.1 Å². The number of ketones is 4. The van der Waals surface area contributed by atoms with E-state index < -0.39 is 16.6 Å². The summed E-state index contributed by atoms with van der Waals surface area (Å²) in [4.78, 5) is 55.7. The van der Waals surface area contributed by atoms with Crippen molar-refractivity contribution in [2.24, 2.45) is 0 Å². The van der Waals surface area contributed by atoms with Crippen LogP contribution in [0.25, 0.3) is 41.7 Å². The zero-order chi connectivity index (χ0) is 40.0. The topological polar surface area (TPSA) is 86.7 Å². The highest BCUT2D eigenvalue weighted by Gasteiger charge is 2.49. The summed E-state index contributed by atoms with van der Waals surface area (Å²) in [5.41, 5.74) is 2.95. The van der Waals surface area contributed by atoms with Gasteiger partial charge < -0.3 is 8.85 Å². The number of fused-ring (bicyclic) bond motifs is 11. The van der Waals surface area contributed by atoms with Crippen LogP contribution in [0.5, 0.6) is 11.5 Å². The molecule has 5 aromatic rings. The average molecular weight is 789 g/mol.